The van der Waals surface area contributed by atoms with Gasteiger partial charge in [-0.25, -0.2) is 9.97 Å². The first-order valence-electron chi connectivity index (χ1n) is 19.8. The Hall–Kier alpha value is -7.62. The van der Waals surface area contributed by atoms with Gasteiger partial charge in [0.2, 0.25) is 0 Å². The number of rotatable bonds is 5. The molecule has 3 heteroatoms. The quantitative estimate of drug-likeness (QED) is 0.165. The van der Waals surface area contributed by atoms with Crippen LogP contribution in [0.3, 0.4) is 0 Å². The number of nitrogens with zero attached hydrogens (tertiary/aromatic N) is 3. The predicted molar refractivity (Wildman–Crippen MR) is 247 cm³/mol. The molecule has 272 valence electrons. The molecule has 0 unspecified atom stereocenters. The van der Waals surface area contributed by atoms with Crippen LogP contribution in [0.4, 0.5) is 0 Å². The first kappa shape index (κ1) is 33.7. The van der Waals surface area contributed by atoms with E-state index in [2.05, 4.69) is 181 Å². The van der Waals surface area contributed by atoms with Crippen molar-refractivity contribution in [2.45, 2.75) is 6.92 Å². The molecular formula is C55H37N3. The summed E-state index contributed by atoms with van der Waals surface area (Å²) < 4.78 is 2.29. The van der Waals surface area contributed by atoms with Gasteiger partial charge in [0.15, 0.2) is 0 Å². The van der Waals surface area contributed by atoms with E-state index < -0.39 is 0 Å². The highest BCUT2D eigenvalue weighted by Crippen LogP contribution is 2.45. The summed E-state index contributed by atoms with van der Waals surface area (Å²) in [5.41, 5.74) is 11.0. The molecule has 0 atom stereocenters. The fourth-order valence-corrected chi connectivity index (χ4v) is 8.93. The van der Waals surface area contributed by atoms with Crippen molar-refractivity contribution in [2.75, 3.05) is 0 Å². The molecular weight excluding hydrogens is 703 g/mol. The smallest absolute Gasteiger partial charge is 0.145 e. The normalized spacial score (nSPS) is 12.3. The molecule has 3 nitrogen and oxygen atoms in total. The largest absolute Gasteiger partial charge is 0.294 e. The van der Waals surface area contributed by atoms with Gasteiger partial charge in [-0.3, -0.25) is 4.57 Å². The fourth-order valence-electron chi connectivity index (χ4n) is 8.93. The first-order chi connectivity index (χ1) is 28.6. The molecule has 11 aromatic rings. The van der Waals surface area contributed by atoms with Crippen molar-refractivity contribution in [3.63, 3.8) is 0 Å². The first-order valence-corrected chi connectivity index (χ1v) is 19.8. The van der Waals surface area contributed by atoms with Crippen LogP contribution in [0.15, 0.2) is 188 Å². The van der Waals surface area contributed by atoms with Crippen LogP contribution in [-0.4, -0.2) is 14.5 Å². The van der Waals surface area contributed by atoms with E-state index in [1.807, 2.05) is 31.3 Å². The zero-order chi connectivity index (χ0) is 38.7. The van der Waals surface area contributed by atoms with Gasteiger partial charge in [-0.1, -0.05) is 146 Å². The van der Waals surface area contributed by atoms with Crippen LogP contribution in [0.25, 0.3) is 117 Å². The third kappa shape index (κ3) is 5.36. The zero-order valence-electron chi connectivity index (χ0n) is 32.0. The lowest BCUT2D eigenvalue weighted by atomic mass is 9.85. The second-order valence-corrected chi connectivity index (χ2v) is 15.0. The van der Waals surface area contributed by atoms with Crippen LogP contribution in [0, 0.1) is 0 Å². The predicted octanol–water partition coefficient (Wildman–Crippen LogP) is 13.0. The van der Waals surface area contributed by atoms with Crippen LogP contribution in [-0.2, 0) is 0 Å². The Morgan fingerprint density at radius 3 is 1.81 bits per heavy atom. The summed E-state index contributed by atoms with van der Waals surface area (Å²) in [5, 5.41) is 12.7. The van der Waals surface area contributed by atoms with Gasteiger partial charge in [0.1, 0.15) is 5.65 Å². The van der Waals surface area contributed by atoms with Crippen molar-refractivity contribution in [3.05, 3.63) is 199 Å². The summed E-state index contributed by atoms with van der Waals surface area (Å²) in [6, 6.07) is 61.5. The summed E-state index contributed by atoms with van der Waals surface area (Å²) in [4.78, 5) is 9.99. The molecule has 0 spiro atoms. The molecule has 0 saturated carbocycles. The SMILES string of the molecule is C=c1/c(=C\C=C/C)ccc2ccc(-c3ccc4cc(-c5c6ccccc6c(-c6ccc7c8cccnc8n(-c8ccccc8)c7c6)c6ccccc56)ccc4c3)nc12. The van der Waals surface area contributed by atoms with E-state index >= 15 is 0 Å². The van der Waals surface area contributed by atoms with Crippen molar-refractivity contribution in [2.24, 2.45) is 0 Å². The van der Waals surface area contributed by atoms with Crippen molar-refractivity contribution in [1.82, 2.24) is 14.5 Å². The minimum absolute atomic E-state index is 0.934. The molecule has 11 rings (SSSR count). The lowest BCUT2D eigenvalue weighted by molar-refractivity contribution is 1.14. The van der Waals surface area contributed by atoms with Gasteiger partial charge in [-0.15, -0.1) is 0 Å². The Labute approximate surface area is 335 Å². The number of fused-ring (bicyclic) bond motifs is 7. The van der Waals surface area contributed by atoms with E-state index in [0.29, 0.717) is 0 Å². The van der Waals surface area contributed by atoms with Crippen molar-refractivity contribution >= 4 is 77.8 Å². The van der Waals surface area contributed by atoms with E-state index in [0.717, 1.165) is 54.8 Å². The maximum atomic E-state index is 5.12. The van der Waals surface area contributed by atoms with E-state index in [1.165, 1.54) is 60.0 Å². The van der Waals surface area contributed by atoms with E-state index in [1.54, 1.807) is 0 Å². The zero-order valence-corrected chi connectivity index (χ0v) is 32.0. The highest BCUT2D eigenvalue weighted by atomic mass is 15.0. The number of hydrogen-bond acceptors (Lipinski definition) is 2. The minimum Gasteiger partial charge on any atom is -0.294 e. The number of allylic oxidation sites excluding steroid dienone is 2. The van der Waals surface area contributed by atoms with Crippen molar-refractivity contribution in [3.8, 4) is 39.2 Å². The molecule has 0 amide bonds. The highest BCUT2D eigenvalue weighted by Gasteiger charge is 2.19. The summed E-state index contributed by atoms with van der Waals surface area (Å²) in [5.74, 6) is 0. The monoisotopic (exact) mass is 739 g/mol. The Bertz CT molecular complexity index is 3540. The molecule has 0 N–H and O–H groups in total. The Balaban J connectivity index is 1.07. The molecule has 0 aliphatic carbocycles. The number of benzene rings is 8. The van der Waals surface area contributed by atoms with Crippen LogP contribution >= 0.6 is 0 Å². The fraction of sp³-hybridized carbons (Fsp3) is 0.0182. The number of para-hydroxylation sites is 1. The Morgan fingerprint density at radius 1 is 0.517 bits per heavy atom. The Morgan fingerprint density at radius 2 is 1.10 bits per heavy atom. The van der Waals surface area contributed by atoms with Crippen molar-refractivity contribution < 1.29 is 0 Å². The number of pyridine rings is 2. The number of hydrogen-bond donors (Lipinski definition) is 0. The molecule has 0 aliphatic heterocycles. The van der Waals surface area contributed by atoms with Crippen LogP contribution in [0.5, 0.6) is 0 Å². The van der Waals surface area contributed by atoms with E-state index in [9.17, 15) is 0 Å². The van der Waals surface area contributed by atoms with Gasteiger partial charge in [0.05, 0.1) is 16.7 Å². The highest BCUT2D eigenvalue weighted by molar-refractivity contribution is 6.22. The van der Waals surface area contributed by atoms with E-state index in [-0.39, 0.29) is 0 Å². The van der Waals surface area contributed by atoms with Crippen LogP contribution in [0.2, 0.25) is 0 Å². The molecule has 0 fully saturated rings. The lowest BCUT2D eigenvalue weighted by Crippen LogP contribution is -2.24. The van der Waals surface area contributed by atoms with E-state index in [4.69, 9.17) is 9.97 Å². The second-order valence-electron chi connectivity index (χ2n) is 15.0. The molecule has 0 radical (unpaired) electrons. The second kappa shape index (κ2) is 13.5. The summed E-state index contributed by atoms with van der Waals surface area (Å²) in [6.07, 6.45) is 8.05. The standard InChI is InChI=1S/C55H37N3/c1-3-4-13-36-21-22-37-28-30-50(57-54(37)35(36)2)40-25-23-39-33-41(26-24-38(39)32-40)52-45-16-8-10-18-47(45)53(48-19-11-9-17-46(48)52)42-27-29-44-49-20-12-31-56-55(49)58(51(44)34-42)43-14-6-5-7-15-43/h3-34H,2H2,1H3/b4-3-,36-13-. The van der Waals surface area contributed by atoms with Gasteiger partial charge in [0.25, 0.3) is 0 Å². The van der Waals surface area contributed by atoms with Crippen LogP contribution in [0.1, 0.15) is 6.92 Å². The lowest BCUT2D eigenvalue weighted by Gasteiger charge is -2.18. The molecule has 58 heavy (non-hydrogen) atoms. The molecule has 0 aliphatic rings. The third-order valence-corrected chi connectivity index (χ3v) is 11.7. The maximum absolute atomic E-state index is 5.12. The van der Waals surface area contributed by atoms with Gasteiger partial charge in [0, 0.05) is 38.8 Å². The van der Waals surface area contributed by atoms with Gasteiger partial charge in [-0.05, 0) is 115 Å². The maximum Gasteiger partial charge on any atom is 0.145 e. The topological polar surface area (TPSA) is 30.7 Å². The summed E-state index contributed by atoms with van der Waals surface area (Å²) >= 11 is 0. The minimum atomic E-state index is 0.934. The molecule has 0 saturated heterocycles. The van der Waals surface area contributed by atoms with Gasteiger partial charge in [-0.2, -0.15) is 0 Å². The summed E-state index contributed by atoms with van der Waals surface area (Å²) in [7, 11) is 0. The van der Waals surface area contributed by atoms with Crippen molar-refractivity contribution in [1.29, 1.82) is 0 Å². The molecule has 3 aromatic heterocycles. The average Bonchev–Trinajstić information content (AvgIpc) is 3.61. The molecule has 0 bridgehead atoms. The number of aromatic nitrogens is 3. The van der Waals surface area contributed by atoms with Gasteiger partial charge >= 0.3 is 0 Å². The molecule has 8 aromatic carbocycles. The molecule has 3 heterocycles. The Kier molecular flexibility index (Phi) is 7.87. The summed E-state index contributed by atoms with van der Waals surface area (Å²) in [6.45, 7) is 6.42. The van der Waals surface area contributed by atoms with Crippen LogP contribution < -0.4 is 10.4 Å². The van der Waals surface area contributed by atoms with Gasteiger partial charge < -0.3 is 0 Å². The average molecular weight is 740 g/mol. The third-order valence-electron chi connectivity index (χ3n) is 11.7.